The number of benzene rings is 2. The summed E-state index contributed by atoms with van der Waals surface area (Å²) in [6, 6.07) is 14.5. The van der Waals surface area contributed by atoms with Crippen molar-refractivity contribution < 1.29 is 14.5 Å². The summed E-state index contributed by atoms with van der Waals surface area (Å²) < 4.78 is 0. The van der Waals surface area contributed by atoms with Crippen LogP contribution in [0.15, 0.2) is 54.6 Å². The van der Waals surface area contributed by atoms with E-state index in [1.54, 1.807) is 34.1 Å². The maximum Gasteiger partial charge on any atom is 0.269 e. The summed E-state index contributed by atoms with van der Waals surface area (Å²) in [5, 5.41) is 10.7. The van der Waals surface area contributed by atoms with E-state index in [1.165, 1.54) is 24.3 Å². The number of nitrogens with zero attached hydrogens (tertiary/aromatic N) is 3. The van der Waals surface area contributed by atoms with Crippen LogP contribution in [0.4, 0.5) is 5.69 Å². The van der Waals surface area contributed by atoms with E-state index in [0.29, 0.717) is 30.6 Å². The van der Waals surface area contributed by atoms with Crippen LogP contribution in [0, 0.1) is 10.1 Å². The molecule has 2 aromatic rings. The molecular weight excluding hydrogens is 322 g/mol. The number of carbonyl (C=O) groups excluding carboxylic acids is 2. The second-order valence-electron chi connectivity index (χ2n) is 5.80. The van der Waals surface area contributed by atoms with Crippen molar-refractivity contribution in [1.82, 2.24) is 9.80 Å². The van der Waals surface area contributed by atoms with Gasteiger partial charge in [-0.05, 0) is 30.7 Å². The van der Waals surface area contributed by atoms with Crippen molar-refractivity contribution in [3.8, 4) is 0 Å². The first-order chi connectivity index (χ1) is 12.1. The predicted molar refractivity (Wildman–Crippen MR) is 91.1 cm³/mol. The van der Waals surface area contributed by atoms with E-state index in [-0.39, 0.29) is 24.2 Å². The topological polar surface area (TPSA) is 83.8 Å². The molecule has 25 heavy (non-hydrogen) atoms. The Morgan fingerprint density at radius 1 is 0.840 bits per heavy atom. The summed E-state index contributed by atoms with van der Waals surface area (Å²) in [7, 11) is 0. The van der Waals surface area contributed by atoms with Crippen LogP contribution in [-0.2, 0) is 0 Å². The third kappa shape index (κ3) is 3.65. The van der Waals surface area contributed by atoms with Gasteiger partial charge in [0, 0.05) is 36.3 Å². The molecule has 128 valence electrons. The molecule has 1 aliphatic heterocycles. The first-order valence-electron chi connectivity index (χ1n) is 7.94. The number of non-ortho nitro benzene ring substituents is 1. The molecule has 0 atom stereocenters. The van der Waals surface area contributed by atoms with Gasteiger partial charge in [-0.15, -0.1) is 0 Å². The zero-order valence-electron chi connectivity index (χ0n) is 13.5. The van der Waals surface area contributed by atoms with Crippen LogP contribution in [-0.4, -0.2) is 46.3 Å². The van der Waals surface area contributed by atoms with E-state index in [2.05, 4.69) is 0 Å². The summed E-state index contributed by atoms with van der Waals surface area (Å²) in [5.74, 6) is -0.345. The van der Waals surface area contributed by atoms with Gasteiger partial charge >= 0.3 is 0 Å². The Bertz CT molecular complexity index is 790. The van der Waals surface area contributed by atoms with Gasteiger partial charge in [-0.25, -0.2) is 0 Å². The quantitative estimate of drug-likeness (QED) is 0.635. The number of nitro groups is 1. The number of hydrogen-bond donors (Lipinski definition) is 0. The van der Waals surface area contributed by atoms with Gasteiger partial charge < -0.3 is 9.80 Å². The smallest absolute Gasteiger partial charge is 0.269 e. The number of carbonyl (C=O) groups is 2. The molecule has 1 fully saturated rings. The van der Waals surface area contributed by atoms with E-state index in [9.17, 15) is 19.7 Å². The summed E-state index contributed by atoms with van der Waals surface area (Å²) in [6.45, 7) is 1.36. The van der Waals surface area contributed by atoms with E-state index < -0.39 is 4.92 Å². The van der Waals surface area contributed by atoms with Crippen molar-refractivity contribution >= 4 is 17.5 Å². The van der Waals surface area contributed by atoms with Crippen LogP contribution < -0.4 is 0 Å². The second kappa shape index (κ2) is 7.12. The fourth-order valence-electron chi connectivity index (χ4n) is 2.80. The normalized spacial score (nSPS) is 14.2. The highest BCUT2D eigenvalue weighted by molar-refractivity contribution is 5.96. The fraction of sp³-hybridized carbons (Fsp3) is 0.222. The largest absolute Gasteiger partial charge is 0.321 e. The van der Waals surface area contributed by atoms with Gasteiger partial charge in [0.15, 0.2) is 0 Å². The van der Waals surface area contributed by atoms with Crippen molar-refractivity contribution in [3.63, 3.8) is 0 Å². The van der Waals surface area contributed by atoms with Crippen molar-refractivity contribution in [2.45, 2.75) is 6.42 Å². The molecule has 0 saturated carbocycles. The predicted octanol–water partition coefficient (Wildman–Crippen LogP) is 2.54. The van der Waals surface area contributed by atoms with Crippen LogP contribution in [0.25, 0.3) is 0 Å². The molecule has 0 radical (unpaired) electrons. The van der Waals surface area contributed by atoms with Crippen molar-refractivity contribution in [1.29, 1.82) is 0 Å². The molecule has 1 saturated heterocycles. The van der Waals surface area contributed by atoms with E-state index in [4.69, 9.17) is 0 Å². The summed E-state index contributed by atoms with van der Waals surface area (Å²) in [6.07, 6.45) is 0.692. The molecule has 2 amide bonds. The second-order valence-corrected chi connectivity index (χ2v) is 5.80. The number of rotatable bonds is 3. The lowest BCUT2D eigenvalue weighted by molar-refractivity contribution is -0.384. The monoisotopic (exact) mass is 339 g/mol. The molecule has 1 heterocycles. The van der Waals surface area contributed by atoms with Crippen molar-refractivity contribution in [2.75, 3.05) is 19.8 Å². The van der Waals surface area contributed by atoms with E-state index in [1.807, 2.05) is 6.07 Å². The number of amides is 2. The molecule has 3 rings (SSSR count). The van der Waals surface area contributed by atoms with Gasteiger partial charge in [-0.3, -0.25) is 19.7 Å². The third-order valence-corrected chi connectivity index (χ3v) is 4.12. The lowest BCUT2D eigenvalue weighted by Gasteiger charge is -2.35. The Morgan fingerprint density at radius 3 is 1.88 bits per heavy atom. The van der Waals surface area contributed by atoms with Crippen LogP contribution in [0.5, 0.6) is 0 Å². The van der Waals surface area contributed by atoms with Crippen molar-refractivity contribution in [3.05, 3.63) is 75.8 Å². The molecule has 7 heteroatoms. The minimum atomic E-state index is -0.505. The third-order valence-electron chi connectivity index (χ3n) is 4.12. The maximum absolute atomic E-state index is 12.6. The van der Waals surface area contributed by atoms with Gasteiger partial charge in [-0.1, -0.05) is 18.2 Å². The first-order valence-corrected chi connectivity index (χ1v) is 7.94. The van der Waals surface area contributed by atoms with Gasteiger partial charge in [0.25, 0.3) is 17.5 Å². The highest BCUT2D eigenvalue weighted by atomic mass is 16.6. The molecule has 1 aliphatic rings. The minimum Gasteiger partial charge on any atom is -0.321 e. The Kier molecular flexibility index (Phi) is 4.74. The van der Waals surface area contributed by atoms with Crippen LogP contribution >= 0.6 is 0 Å². The van der Waals surface area contributed by atoms with Gasteiger partial charge in [0.2, 0.25) is 0 Å². The molecule has 0 N–H and O–H groups in total. The average Bonchev–Trinajstić information content (AvgIpc) is 2.67. The fourth-order valence-corrected chi connectivity index (χ4v) is 2.80. The zero-order chi connectivity index (χ0) is 17.8. The molecule has 7 nitrogen and oxygen atoms in total. The number of hydrogen-bond acceptors (Lipinski definition) is 4. The lowest BCUT2D eigenvalue weighted by Crippen LogP contribution is -2.49. The van der Waals surface area contributed by atoms with Crippen molar-refractivity contribution in [2.24, 2.45) is 0 Å². The van der Waals surface area contributed by atoms with Gasteiger partial charge in [0.05, 0.1) is 11.6 Å². The molecule has 0 aromatic heterocycles. The molecular formula is C18H17N3O4. The Morgan fingerprint density at radius 2 is 1.36 bits per heavy atom. The van der Waals surface area contributed by atoms with Crippen LogP contribution in [0.2, 0.25) is 0 Å². The molecule has 0 spiro atoms. The Labute approximate surface area is 144 Å². The van der Waals surface area contributed by atoms with Crippen LogP contribution in [0.3, 0.4) is 0 Å². The van der Waals surface area contributed by atoms with E-state index >= 15 is 0 Å². The summed E-state index contributed by atoms with van der Waals surface area (Å²) in [5.41, 5.74) is 0.905. The zero-order valence-corrected chi connectivity index (χ0v) is 13.5. The standard InChI is InChI=1S/C18H17N3O4/c22-17(14-5-2-1-3-6-14)19-11-4-12-20(13-19)18(23)15-7-9-16(10-8-15)21(24)25/h1-3,5-10H,4,11-13H2. The highest BCUT2D eigenvalue weighted by Gasteiger charge is 2.26. The highest BCUT2D eigenvalue weighted by Crippen LogP contribution is 2.17. The molecule has 2 aromatic carbocycles. The Balaban J connectivity index is 1.71. The Hall–Kier alpha value is -3.22. The van der Waals surface area contributed by atoms with Crippen LogP contribution in [0.1, 0.15) is 27.1 Å². The lowest BCUT2D eigenvalue weighted by atomic mass is 10.1. The average molecular weight is 339 g/mol. The van der Waals surface area contributed by atoms with Gasteiger partial charge in [-0.2, -0.15) is 0 Å². The molecule has 0 bridgehead atoms. The van der Waals surface area contributed by atoms with E-state index in [0.717, 1.165) is 0 Å². The molecule has 0 aliphatic carbocycles. The minimum absolute atomic E-state index is 0.0592. The first kappa shape index (κ1) is 16.6. The summed E-state index contributed by atoms with van der Waals surface area (Å²) >= 11 is 0. The molecule has 0 unspecified atom stereocenters. The number of nitro benzene ring substituents is 1. The SMILES string of the molecule is O=C(c1ccccc1)N1CCCN(C(=O)c2ccc([N+](=O)[O-])cc2)C1. The van der Waals surface area contributed by atoms with Gasteiger partial charge in [0.1, 0.15) is 0 Å². The maximum atomic E-state index is 12.6. The summed E-state index contributed by atoms with van der Waals surface area (Å²) in [4.78, 5) is 38.6.